The molecule has 0 bridgehead atoms. The Kier molecular flexibility index (Phi) is 9.53. The number of amides is 1. The van der Waals surface area contributed by atoms with Crippen LogP contribution in [0.15, 0.2) is 34.1 Å². The van der Waals surface area contributed by atoms with Crippen molar-refractivity contribution in [2.75, 3.05) is 50.8 Å². The van der Waals surface area contributed by atoms with Gasteiger partial charge < -0.3 is 10.0 Å². The number of unbranched alkanes of at least 4 members (excludes halogenated alkanes) is 5. The number of fused-ring (bicyclic) bond motifs is 1. The van der Waals surface area contributed by atoms with Crippen LogP contribution in [0.2, 0.25) is 0 Å². The lowest BCUT2D eigenvalue weighted by atomic mass is 10.1. The number of piperazine rings is 1. The Morgan fingerprint density at radius 2 is 1.81 bits per heavy atom. The van der Waals surface area contributed by atoms with E-state index in [9.17, 15) is 14.7 Å². The van der Waals surface area contributed by atoms with E-state index < -0.39 is 0 Å². The highest BCUT2D eigenvalue weighted by Crippen LogP contribution is 2.34. The van der Waals surface area contributed by atoms with Gasteiger partial charge in [-0.3, -0.25) is 23.8 Å². The molecule has 2 fully saturated rings. The van der Waals surface area contributed by atoms with Gasteiger partial charge in [0.05, 0.1) is 17.1 Å². The summed E-state index contributed by atoms with van der Waals surface area (Å²) >= 11 is 6.79. The number of aliphatic hydroxyl groups excluding tert-OH is 1. The van der Waals surface area contributed by atoms with Crippen LogP contribution in [0, 0.1) is 0 Å². The van der Waals surface area contributed by atoms with Gasteiger partial charge in [-0.15, -0.1) is 0 Å². The van der Waals surface area contributed by atoms with E-state index in [0.717, 1.165) is 25.9 Å². The van der Waals surface area contributed by atoms with Crippen molar-refractivity contribution < 1.29 is 9.90 Å². The molecule has 1 N–H and O–H groups in total. The molecule has 194 valence electrons. The van der Waals surface area contributed by atoms with E-state index in [1.54, 1.807) is 23.2 Å². The standard InChI is InChI=1S/C26H35N5O3S2/c1-2-3-4-5-6-8-12-31-25(34)21(36-26(31)35)19-20-23(29-15-13-28(14-16-29)17-18-32)27-22-10-7-9-11-30(22)24(20)33/h7,9-11,19,32H,2-6,8,12-18H2,1H3/b21-19-. The summed E-state index contributed by atoms with van der Waals surface area (Å²) in [5.41, 5.74) is 0.784. The molecule has 0 saturated carbocycles. The molecule has 4 heterocycles. The molecule has 1 amide bonds. The largest absolute Gasteiger partial charge is 0.395 e. The average molecular weight is 530 g/mol. The van der Waals surface area contributed by atoms with E-state index in [0.29, 0.717) is 52.4 Å². The average Bonchev–Trinajstić information content (AvgIpc) is 3.15. The number of aromatic nitrogens is 2. The van der Waals surface area contributed by atoms with Gasteiger partial charge in [-0.05, 0) is 24.6 Å². The Morgan fingerprint density at radius 1 is 1.06 bits per heavy atom. The fourth-order valence-electron chi connectivity index (χ4n) is 4.66. The topological polar surface area (TPSA) is 81.4 Å². The maximum atomic E-state index is 13.6. The molecule has 0 aromatic carbocycles. The van der Waals surface area contributed by atoms with Crippen molar-refractivity contribution >= 4 is 51.7 Å². The van der Waals surface area contributed by atoms with E-state index in [4.69, 9.17) is 17.2 Å². The third-order valence-electron chi connectivity index (χ3n) is 6.72. The zero-order chi connectivity index (χ0) is 25.5. The Morgan fingerprint density at radius 3 is 2.56 bits per heavy atom. The molecule has 0 radical (unpaired) electrons. The molecule has 0 unspecified atom stereocenters. The van der Waals surface area contributed by atoms with Crippen LogP contribution in [0.4, 0.5) is 5.82 Å². The van der Waals surface area contributed by atoms with Crippen molar-refractivity contribution in [3.05, 3.63) is 45.2 Å². The molecule has 2 aromatic heterocycles. The van der Waals surface area contributed by atoms with Crippen LogP contribution in [0.1, 0.15) is 51.0 Å². The Labute approximate surface area is 222 Å². The molecular weight excluding hydrogens is 494 g/mol. The van der Waals surface area contributed by atoms with Gasteiger partial charge in [-0.25, -0.2) is 4.98 Å². The van der Waals surface area contributed by atoms with Crippen molar-refractivity contribution in [2.24, 2.45) is 0 Å². The third kappa shape index (κ3) is 6.16. The molecule has 8 nitrogen and oxygen atoms in total. The van der Waals surface area contributed by atoms with Gasteiger partial charge in [-0.1, -0.05) is 69.1 Å². The van der Waals surface area contributed by atoms with Gasteiger partial charge in [0.15, 0.2) is 0 Å². The predicted molar refractivity (Wildman–Crippen MR) is 150 cm³/mol. The highest BCUT2D eigenvalue weighted by Gasteiger charge is 2.32. The monoisotopic (exact) mass is 529 g/mol. The number of thioether (sulfide) groups is 1. The number of carbonyl (C=O) groups excluding carboxylic acids is 1. The normalized spacial score (nSPS) is 18.2. The second-order valence-electron chi connectivity index (χ2n) is 9.24. The lowest BCUT2D eigenvalue weighted by Crippen LogP contribution is -2.48. The maximum Gasteiger partial charge on any atom is 0.267 e. The second-order valence-corrected chi connectivity index (χ2v) is 10.9. The van der Waals surface area contributed by atoms with E-state index in [1.807, 2.05) is 12.1 Å². The summed E-state index contributed by atoms with van der Waals surface area (Å²) in [5.74, 6) is 0.464. The molecule has 2 aliphatic rings. The number of nitrogens with zero attached hydrogens (tertiary/aromatic N) is 5. The van der Waals surface area contributed by atoms with Crippen molar-refractivity contribution in [1.29, 1.82) is 0 Å². The fourth-order valence-corrected chi connectivity index (χ4v) is 5.95. The molecule has 2 aromatic rings. The third-order valence-corrected chi connectivity index (χ3v) is 8.10. The number of hydrogen-bond acceptors (Lipinski definition) is 8. The highest BCUT2D eigenvalue weighted by atomic mass is 32.2. The zero-order valence-electron chi connectivity index (χ0n) is 20.9. The number of carbonyl (C=O) groups is 1. The summed E-state index contributed by atoms with van der Waals surface area (Å²) in [6.45, 7) is 6.50. The van der Waals surface area contributed by atoms with Crippen LogP contribution in [-0.2, 0) is 4.79 Å². The van der Waals surface area contributed by atoms with Crippen LogP contribution in [0.3, 0.4) is 0 Å². The molecule has 0 aliphatic carbocycles. The lowest BCUT2D eigenvalue weighted by Gasteiger charge is -2.35. The van der Waals surface area contributed by atoms with E-state index in [1.165, 1.54) is 41.8 Å². The number of hydrogen-bond donors (Lipinski definition) is 1. The summed E-state index contributed by atoms with van der Waals surface area (Å²) in [4.78, 5) is 38.1. The molecule has 0 atom stereocenters. The summed E-state index contributed by atoms with van der Waals surface area (Å²) in [6.07, 6.45) is 10.3. The molecule has 2 saturated heterocycles. The summed E-state index contributed by atoms with van der Waals surface area (Å²) in [5, 5.41) is 9.26. The quantitative estimate of drug-likeness (QED) is 0.270. The predicted octanol–water partition coefficient (Wildman–Crippen LogP) is 3.37. The Hall–Kier alpha value is -2.27. The van der Waals surface area contributed by atoms with E-state index >= 15 is 0 Å². The van der Waals surface area contributed by atoms with Crippen LogP contribution < -0.4 is 10.5 Å². The summed E-state index contributed by atoms with van der Waals surface area (Å²) < 4.78 is 2.07. The van der Waals surface area contributed by atoms with E-state index in [2.05, 4.69) is 16.7 Å². The van der Waals surface area contributed by atoms with E-state index in [-0.39, 0.29) is 18.1 Å². The van der Waals surface area contributed by atoms with Gasteiger partial charge in [0.2, 0.25) is 0 Å². The Bertz CT molecular complexity index is 1170. The van der Waals surface area contributed by atoms with Crippen LogP contribution >= 0.6 is 24.0 Å². The first kappa shape index (κ1) is 26.8. The number of aliphatic hydroxyl groups is 1. The first-order valence-electron chi connectivity index (χ1n) is 12.9. The summed E-state index contributed by atoms with van der Waals surface area (Å²) in [7, 11) is 0. The van der Waals surface area contributed by atoms with Gasteiger partial charge in [0.1, 0.15) is 15.8 Å². The van der Waals surface area contributed by atoms with Crippen molar-refractivity contribution in [2.45, 2.75) is 45.4 Å². The van der Waals surface area contributed by atoms with Crippen molar-refractivity contribution in [1.82, 2.24) is 19.2 Å². The van der Waals surface area contributed by atoms with Gasteiger partial charge in [0, 0.05) is 45.5 Å². The molecule has 2 aliphatic heterocycles. The maximum absolute atomic E-state index is 13.6. The van der Waals surface area contributed by atoms with Gasteiger partial charge in [-0.2, -0.15) is 0 Å². The zero-order valence-corrected chi connectivity index (χ0v) is 22.5. The molecule has 4 rings (SSSR count). The number of pyridine rings is 1. The SMILES string of the molecule is CCCCCCCCN1C(=O)/C(=C/c2c(N3CCN(CCO)CC3)nc3ccccn3c2=O)SC1=S. The van der Waals surface area contributed by atoms with Crippen LogP contribution in [0.5, 0.6) is 0 Å². The number of thiocarbonyl (C=S) groups is 1. The molecule has 36 heavy (non-hydrogen) atoms. The number of anilines is 1. The molecule has 0 spiro atoms. The first-order valence-corrected chi connectivity index (χ1v) is 14.1. The lowest BCUT2D eigenvalue weighted by molar-refractivity contribution is -0.122. The molecule has 10 heteroatoms. The smallest absolute Gasteiger partial charge is 0.267 e. The fraction of sp³-hybridized carbons (Fsp3) is 0.538. The minimum absolute atomic E-state index is 0.126. The Balaban J connectivity index is 1.58. The van der Waals surface area contributed by atoms with Crippen LogP contribution in [-0.4, -0.2) is 80.4 Å². The second kappa shape index (κ2) is 12.8. The highest BCUT2D eigenvalue weighted by molar-refractivity contribution is 8.26. The van der Waals surface area contributed by atoms with Crippen molar-refractivity contribution in [3.8, 4) is 0 Å². The van der Waals surface area contributed by atoms with Crippen LogP contribution in [0.25, 0.3) is 11.7 Å². The van der Waals surface area contributed by atoms with Gasteiger partial charge >= 0.3 is 0 Å². The minimum atomic E-state index is -0.199. The van der Waals surface area contributed by atoms with Gasteiger partial charge in [0.25, 0.3) is 11.5 Å². The van der Waals surface area contributed by atoms with Crippen molar-refractivity contribution in [3.63, 3.8) is 0 Å². The number of β-amino-alcohol motifs (C(OH)–C–C–N with tert-alkyl or cyclic N) is 1. The first-order chi connectivity index (χ1) is 17.5. The minimum Gasteiger partial charge on any atom is -0.395 e. The molecular formula is C26H35N5O3S2. The summed E-state index contributed by atoms with van der Waals surface area (Å²) in [6, 6.07) is 5.47. The number of rotatable bonds is 11.